The Bertz CT molecular complexity index is 1200. The number of benzene rings is 1. The van der Waals surface area contributed by atoms with E-state index in [-0.39, 0.29) is 5.76 Å². The summed E-state index contributed by atoms with van der Waals surface area (Å²) in [4.78, 5) is 26.0. The van der Waals surface area contributed by atoms with Gasteiger partial charge in [0.05, 0.1) is 12.2 Å². The molecule has 8 heteroatoms. The second-order valence-corrected chi connectivity index (χ2v) is 8.40. The summed E-state index contributed by atoms with van der Waals surface area (Å²) < 4.78 is 16.3. The Morgan fingerprint density at radius 2 is 2.10 bits per heavy atom. The van der Waals surface area contributed by atoms with Crippen LogP contribution in [0.5, 0.6) is 5.75 Å². The van der Waals surface area contributed by atoms with Crippen LogP contribution < -0.4 is 10.1 Å². The van der Waals surface area contributed by atoms with Crippen molar-refractivity contribution in [1.82, 2.24) is 0 Å². The fourth-order valence-electron chi connectivity index (χ4n) is 3.78. The zero-order valence-corrected chi connectivity index (χ0v) is 18.2. The van der Waals surface area contributed by atoms with Crippen LogP contribution in [0.25, 0.3) is 11.0 Å². The van der Waals surface area contributed by atoms with E-state index in [4.69, 9.17) is 13.9 Å². The molecule has 1 amide bonds. The monoisotopic (exact) mass is 438 g/mol. The van der Waals surface area contributed by atoms with Crippen LogP contribution in [0, 0.1) is 18.3 Å². The lowest BCUT2D eigenvalue weighted by atomic mass is 9.96. The molecule has 31 heavy (non-hydrogen) atoms. The number of ether oxygens (including phenoxy) is 2. The van der Waals surface area contributed by atoms with E-state index in [0.717, 1.165) is 41.5 Å². The number of nitrogens with zero attached hydrogens (tertiary/aromatic N) is 1. The van der Waals surface area contributed by atoms with Crippen molar-refractivity contribution in [3.05, 3.63) is 45.5 Å². The summed E-state index contributed by atoms with van der Waals surface area (Å²) in [6.07, 6.45) is 3.92. The van der Waals surface area contributed by atoms with Gasteiger partial charge in [-0.2, -0.15) is 5.26 Å². The predicted molar refractivity (Wildman–Crippen MR) is 117 cm³/mol. The first-order chi connectivity index (χ1) is 15.0. The number of thiophene rings is 1. The maximum atomic E-state index is 12.5. The molecule has 0 aliphatic heterocycles. The van der Waals surface area contributed by atoms with Crippen LogP contribution >= 0.6 is 11.3 Å². The predicted octanol–water partition coefficient (Wildman–Crippen LogP) is 4.75. The molecule has 3 aromatic rings. The smallest absolute Gasteiger partial charge is 0.375 e. The fraction of sp³-hybridized carbons (Fsp3) is 0.348. The Kier molecular flexibility index (Phi) is 5.96. The highest BCUT2D eigenvalue weighted by atomic mass is 32.1. The minimum atomic E-state index is -0.715. The summed E-state index contributed by atoms with van der Waals surface area (Å²) in [6, 6.07) is 7.51. The van der Waals surface area contributed by atoms with Crippen LogP contribution in [0.1, 0.15) is 51.9 Å². The van der Waals surface area contributed by atoms with Crippen molar-refractivity contribution in [3.63, 3.8) is 0 Å². The Morgan fingerprint density at radius 1 is 1.29 bits per heavy atom. The van der Waals surface area contributed by atoms with E-state index in [1.165, 1.54) is 11.3 Å². The molecule has 1 aliphatic rings. The Balaban J connectivity index is 1.43. The average Bonchev–Trinajstić information content (AvgIpc) is 3.29. The van der Waals surface area contributed by atoms with Gasteiger partial charge in [0.1, 0.15) is 22.4 Å². The van der Waals surface area contributed by atoms with Crippen molar-refractivity contribution < 1.29 is 23.5 Å². The molecule has 0 spiro atoms. The third-order valence-electron chi connectivity index (χ3n) is 5.27. The zero-order valence-electron chi connectivity index (χ0n) is 17.4. The molecule has 2 heterocycles. The third-order valence-corrected chi connectivity index (χ3v) is 6.48. The van der Waals surface area contributed by atoms with E-state index in [2.05, 4.69) is 11.4 Å². The van der Waals surface area contributed by atoms with Gasteiger partial charge >= 0.3 is 5.97 Å². The maximum absolute atomic E-state index is 12.5. The third kappa shape index (κ3) is 4.14. The summed E-state index contributed by atoms with van der Waals surface area (Å²) in [7, 11) is 0. The molecule has 1 N–H and O–H groups in total. The highest BCUT2D eigenvalue weighted by Gasteiger charge is 2.23. The van der Waals surface area contributed by atoms with E-state index in [1.54, 1.807) is 19.1 Å². The zero-order chi connectivity index (χ0) is 22.0. The highest BCUT2D eigenvalue weighted by molar-refractivity contribution is 7.16. The molecule has 0 radical (unpaired) electrons. The van der Waals surface area contributed by atoms with Gasteiger partial charge < -0.3 is 19.2 Å². The van der Waals surface area contributed by atoms with Crippen LogP contribution in [0.4, 0.5) is 5.00 Å². The summed E-state index contributed by atoms with van der Waals surface area (Å²) in [5.74, 6) is -0.463. The number of furan rings is 1. The first-order valence-corrected chi connectivity index (χ1v) is 11.0. The number of amides is 1. The number of carbonyl (C=O) groups is 2. The molecule has 0 saturated heterocycles. The van der Waals surface area contributed by atoms with Crippen LogP contribution in [0.15, 0.2) is 22.6 Å². The summed E-state index contributed by atoms with van der Waals surface area (Å²) in [5.41, 5.74) is 2.73. The minimum Gasteiger partial charge on any atom is -0.494 e. The van der Waals surface area contributed by atoms with Crippen molar-refractivity contribution in [2.24, 2.45) is 0 Å². The van der Waals surface area contributed by atoms with Gasteiger partial charge in [-0.3, -0.25) is 4.79 Å². The second kappa shape index (κ2) is 8.82. The summed E-state index contributed by atoms with van der Waals surface area (Å²) in [5, 5.41) is 13.5. The van der Waals surface area contributed by atoms with E-state index in [0.29, 0.717) is 34.1 Å². The Morgan fingerprint density at radius 3 is 2.87 bits per heavy atom. The van der Waals surface area contributed by atoms with Crippen molar-refractivity contribution in [2.45, 2.75) is 39.5 Å². The number of anilines is 1. The first kappa shape index (κ1) is 20.9. The summed E-state index contributed by atoms with van der Waals surface area (Å²) in [6.45, 7) is 3.72. The molecular weight excluding hydrogens is 416 g/mol. The molecule has 160 valence electrons. The van der Waals surface area contributed by atoms with Crippen LogP contribution in [-0.2, 0) is 22.4 Å². The molecule has 4 rings (SSSR count). The Hall–Kier alpha value is -3.31. The number of hydrogen-bond acceptors (Lipinski definition) is 7. The topological polar surface area (TPSA) is 102 Å². The van der Waals surface area contributed by atoms with Gasteiger partial charge in [0.15, 0.2) is 6.61 Å². The second-order valence-electron chi connectivity index (χ2n) is 7.30. The van der Waals surface area contributed by atoms with E-state index in [1.807, 2.05) is 13.0 Å². The van der Waals surface area contributed by atoms with Gasteiger partial charge in [-0.25, -0.2) is 4.79 Å². The van der Waals surface area contributed by atoms with E-state index >= 15 is 0 Å². The van der Waals surface area contributed by atoms with Gasteiger partial charge in [-0.05, 0) is 63.3 Å². The standard InChI is InChI=1S/C23H22N2O5S/c1-3-28-14-8-9-18-16(10-14)13(2)21(30-18)23(27)29-12-20(26)25-22-17(11-24)15-6-4-5-7-19(15)31-22/h8-10H,3-7,12H2,1-2H3,(H,25,26). The lowest BCUT2D eigenvalue weighted by Crippen LogP contribution is -2.21. The molecule has 0 bridgehead atoms. The van der Waals surface area contributed by atoms with Gasteiger partial charge in [0, 0.05) is 15.8 Å². The largest absolute Gasteiger partial charge is 0.494 e. The lowest BCUT2D eigenvalue weighted by molar-refractivity contribution is -0.119. The Labute approximate surface area is 183 Å². The van der Waals surface area contributed by atoms with Crippen molar-refractivity contribution in [1.29, 1.82) is 5.26 Å². The molecule has 0 fully saturated rings. The number of carbonyl (C=O) groups excluding carboxylic acids is 2. The molecule has 2 aromatic heterocycles. The van der Waals surface area contributed by atoms with Gasteiger partial charge in [0.25, 0.3) is 5.91 Å². The highest BCUT2D eigenvalue weighted by Crippen LogP contribution is 2.37. The van der Waals surface area contributed by atoms with Gasteiger partial charge in [0.2, 0.25) is 5.76 Å². The van der Waals surface area contributed by atoms with Crippen LogP contribution in [0.2, 0.25) is 0 Å². The molecule has 1 aliphatic carbocycles. The average molecular weight is 439 g/mol. The number of rotatable bonds is 6. The number of fused-ring (bicyclic) bond motifs is 2. The first-order valence-electron chi connectivity index (χ1n) is 10.2. The van der Waals surface area contributed by atoms with Gasteiger partial charge in [-0.15, -0.1) is 11.3 Å². The fourth-order valence-corrected chi connectivity index (χ4v) is 5.04. The molecule has 0 atom stereocenters. The molecule has 7 nitrogen and oxygen atoms in total. The normalized spacial score (nSPS) is 12.8. The van der Waals surface area contributed by atoms with Crippen molar-refractivity contribution >= 4 is 39.2 Å². The van der Waals surface area contributed by atoms with E-state index in [9.17, 15) is 14.9 Å². The number of hydrogen-bond donors (Lipinski definition) is 1. The van der Waals surface area contributed by atoms with E-state index < -0.39 is 18.5 Å². The number of aryl methyl sites for hydroxylation is 2. The minimum absolute atomic E-state index is 0.0563. The lowest BCUT2D eigenvalue weighted by Gasteiger charge is -2.09. The molecule has 0 saturated carbocycles. The molecule has 0 unspecified atom stereocenters. The number of nitriles is 1. The van der Waals surface area contributed by atoms with Crippen LogP contribution in [0.3, 0.4) is 0 Å². The molecule has 1 aromatic carbocycles. The quantitative estimate of drug-likeness (QED) is 0.558. The van der Waals surface area contributed by atoms with Gasteiger partial charge in [-0.1, -0.05) is 0 Å². The maximum Gasteiger partial charge on any atom is 0.375 e. The number of esters is 1. The summed E-state index contributed by atoms with van der Waals surface area (Å²) >= 11 is 1.43. The van der Waals surface area contributed by atoms with Crippen molar-refractivity contribution in [2.75, 3.05) is 18.5 Å². The SMILES string of the molecule is CCOc1ccc2oc(C(=O)OCC(=O)Nc3sc4c(c3C#N)CCCC4)c(C)c2c1. The van der Waals surface area contributed by atoms with Crippen molar-refractivity contribution in [3.8, 4) is 11.8 Å². The van der Waals surface area contributed by atoms with Crippen LogP contribution in [-0.4, -0.2) is 25.1 Å². The number of nitrogens with one attached hydrogen (secondary N) is 1. The molecular formula is C23H22N2O5S.